The van der Waals surface area contributed by atoms with E-state index < -0.39 is 14.6 Å². The summed E-state index contributed by atoms with van der Waals surface area (Å²) in [6, 6.07) is 13.8. The number of oxazole rings is 1. The molecule has 32 heavy (non-hydrogen) atoms. The number of halogens is 1. The van der Waals surface area contributed by atoms with Gasteiger partial charge in [0.15, 0.2) is 26.1 Å². The normalized spacial score (nSPS) is 19.5. The molecule has 1 aliphatic heterocycles. The molecule has 0 unspecified atom stereocenters. The van der Waals surface area contributed by atoms with E-state index in [-0.39, 0.29) is 16.7 Å². The Balaban J connectivity index is 1.36. The second-order valence-electron chi connectivity index (χ2n) is 8.75. The minimum absolute atomic E-state index is 0.124. The minimum Gasteiger partial charge on any atom is -0.440 e. The molecule has 168 valence electrons. The van der Waals surface area contributed by atoms with Crippen LogP contribution in [0.3, 0.4) is 0 Å². The first-order chi connectivity index (χ1) is 15.4. The zero-order valence-corrected chi connectivity index (χ0v) is 19.2. The standard InChI is InChI=1S/C24H25ClN2O4S/c25-18-7-9-19(10-8-18)32(29,30)24(13-3-4-14-24)23(28)27-15-11-17(12-16-27)22-26-20-5-1-2-6-21(20)31-22/h1-2,5-10,17H,3-4,11-16H2. The summed E-state index contributed by atoms with van der Waals surface area (Å²) in [7, 11) is -3.83. The van der Waals surface area contributed by atoms with Gasteiger partial charge in [-0.3, -0.25) is 4.79 Å². The number of hydrogen-bond donors (Lipinski definition) is 0. The maximum Gasteiger partial charge on any atom is 0.244 e. The summed E-state index contributed by atoms with van der Waals surface area (Å²) in [4.78, 5) is 20.2. The molecule has 1 aliphatic carbocycles. The van der Waals surface area contributed by atoms with Crippen LogP contribution < -0.4 is 0 Å². The highest BCUT2D eigenvalue weighted by Crippen LogP contribution is 2.43. The van der Waals surface area contributed by atoms with E-state index in [0.29, 0.717) is 49.7 Å². The van der Waals surface area contributed by atoms with E-state index in [4.69, 9.17) is 16.0 Å². The Morgan fingerprint density at radius 1 is 1.03 bits per heavy atom. The molecule has 2 heterocycles. The molecule has 6 nitrogen and oxygen atoms in total. The van der Waals surface area contributed by atoms with Gasteiger partial charge in [-0.1, -0.05) is 36.6 Å². The first-order valence-corrected chi connectivity index (χ1v) is 12.9. The fourth-order valence-corrected chi connectivity index (χ4v) is 7.32. The lowest BCUT2D eigenvalue weighted by atomic mass is 9.95. The maximum atomic E-state index is 13.7. The Morgan fingerprint density at radius 3 is 2.34 bits per heavy atom. The molecule has 1 aromatic heterocycles. The molecule has 2 aliphatic rings. The number of carbonyl (C=O) groups excluding carboxylic acids is 1. The van der Waals surface area contributed by atoms with Crippen LogP contribution in [0.25, 0.3) is 11.1 Å². The van der Waals surface area contributed by atoms with Crippen LogP contribution >= 0.6 is 11.6 Å². The third-order valence-corrected chi connectivity index (χ3v) is 9.64. The van der Waals surface area contributed by atoms with E-state index in [9.17, 15) is 13.2 Å². The van der Waals surface area contributed by atoms with Crippen molar-refractivity contribution < 1.29 is 17.6 Å². The maximum absolute atomic E-state index is 13.7. The van der Waals surface area contributed by atoms with Gasteiger partial charge in [0.2, 0.25) is 5.91 Å². The molecule has 1 saturated heterocycles. The monoisotopic (exact) mass is 472 g/mol. The van der Waals surface area contributed by atoms with Crippen molar-refractivity contribution in [1.82, 2.24) is 9.88 Å². The predicted molar refractivity (Wildman–Crippen MR) is 122 cm³/mol. The molecule has 1 amide bonds. The molecule has 5 rings (SSSR count). The van der Waals surface area contributed by atoms with Crippen LogP contribution in [0, 0.1) is 0 Å². The lowest BCUT2D eigenvalue weighted by Gasteiger charge is -2.37. The summed E-state index contributed by atoms with van der Waals surface area (Å²) >= 11 is 5.95. The van der Waals surface area contributed by atoms with Gasteiger partial charge in [-0.15, -0.1) is 0 Å². The van der Waals surface area contributed by atoms with Crippen LogP contribution in [0.5, 0.6) is 0 Å². The summed E-state index contributed by atoms with van der Waals surface area (Å²) in [6.45, 7) is 1.00. The first-order valence-electron chi connectivity index (χ1n) is 11.1. The molecule has 2 aromatic carbocycles. The number of hydrogen-bond acceptors (Lipinski definition) is 5. The highest BCUT2D eigenvalue weighted by molar-refractivity contribution is 7.93. The number of carbonyl (C=O) groups is 1. The summed E-state index contributed by atoms with van der Waals surface area (Å²) in [6.07, 6.45) is 3.60. The summed E-state index contributed by atoms with van der Waals surface area (Å²) < 4.78 is 31.8. The Kier molecular flexibility index (Phi) is 5.50. The lowest BCUT2D eigenvalue weighted by molar-refractivity contribution is -0.135. The van der Waals surface area contributed by atoms with Crippen molar-refractivity contribution in [3.8, 4) is 0 Å². The van der Waals surface area contributed by atoms with Crippen LogP contribution in [-0.2, 0) is 14.6 Å². The Hall–Kier alpha value is -2.38. The largest absolute Gasteiger partial charge is 0.440 e. The molecular weight excluding hydrogens is 448 g/mol. The number of likely N-dealkylation sites (tertiary alicyclic amines) is 1. The van der Waals surface area contributed by atoms with E-state index in [0.717, 1.165) is 23.9 Å². The van der Waals surface area contributed by atoms with Crippen molar-refractivity contribution >= 4 is 38.4 Å². The molecule has 0 N–H and O–H groups in total. The highest BCUT2D eigenvalue weighted by Gasteiger charge is 2.54. The SMILES string of the molecule is O=C(N1CCC(c2nc3ccccc3o2)CC1)C1(S(=O)(=O)c2ccc(Cl)cc2)CCCC1. The topological polar surface area (TPSA) is 80.5 Å². The first kappa shape index (κ1) is 21.5. The molecule has 0 bridgehead atoms. The fraction of sp³-hybridized carbons (Fsp3) is 0.417. The summed E-state index contributed by atoms with van der Waals surface area (Å²) in [5, 5.41) is 0.469. The minimum atomic E-state index is -3.83. The average Bonchev–Trinajstić information content (AvgIpc) is 3.47. The van der Waals surface area contributed by atoms with Crippen molar-refractivity contribution in [2.24, 2.45) is 0 Å². The van der Waals surface area contributed by atoms with E-state index in [2.05, 4.69) is 4.98 Å². The number of amides is 1. The van der Waals surface area contributed by atoms with E-state index in [1.54, 1.807) is 17.0 Å². The molecule has 1 saturated carbocycles. The molecule has 8 heteroatoms. The third kappa shape index (κ3) is 3.52. The smallest absolute Gasteiger partial charge is 0.244 e. The predicted octanol–water partition coefficient (Wildman–Crippen LogP) is 4.97. The van der Waals surface area contributed by atoms with Gasteiger partial charge in [-0.2, -0.15) is 0 Å². The fourth-order valence-electron chi connectivity index (χ4n) is 5.07. The molecule has 0 atom stereocenters. The summed E-state index contributed by atoms with van der Waals surface area (Å²) in [5.74, 6) is 0.558. The van der Waals surface area contributed by atoms with Gasteiger partial charge in [0, 0.05) is 24.0 Å². The molecule has 0 radical (unpaired) electrons. The van der Waals surface area contributed by atoms with Crippen molar-refractivity contribution in [3.05, 3.63) is 59.4 Å². The van der Waals surface area contributed by atoms with Gasteiger partial charge >= 0.3 is 0 Å². The zero-order chi connectivity index (χ0) is 22.3. The molecule has 0 spiro atoms. The third-order valence-electron chi connectivity index (χ3n) is 6.88. The number of aromatic nitrogens is 1. The number of rotatable bonds is 4. The average molecular weight is 473 g/mol. The quantitative estimate of drug-likeness (QED) is 0.535. The van der Waals surface area contributed by atoms with E-state index in [1.807, 2.05) is 24.3 Å². The number of nitrogens with zero attached hydrogens (tertiary/aromatic N) is 2. The van der Waals surface area contributed by atoms with Crippen LogP contribution in [-0.4, -0.2) is 42.0 Å². The number of piperidine rings is 1. The number of benzene rings is 2. The van der Waals surface area contributed by atoms with Crippen LogP contribution in [0.15, 0.2) is 57.8 Å². The van der Waals surface area contributed by atoms with Crippen LogP contribution in [0.2, 0.25) is 5.02 Å². The van der Waals surface area contributed by atoms with Crippen molar-refractivity contribution in [1.29, 1.82) is 0 Å². The van der Waals surface area contributed by atoms with Crippen LogP contribution in [0.1, 0.15) is 50.3 Å². The number of fused-ring (bicyclic) bond motifs is 1. The lowest BCUT2D eigenvalue weighted by Crippen LogP contribution is -2.54. The van der Waals surface area contributed by atoms with Gasteiger partial charge in [-0.05, 0) is 62.1 Å². The molecule has 3 aromatic rings. The number of sulfone groups is 1. The van der Waals surface area contributed by atoms with E-state index in [1.165, 1.54) is 12.1 Å². The second kappa shape index (κ2) is 8.19. The van der Waals surface area contributed by atoms with E-state index >= 15 is 0 Å². The van der Waals surface area contributed by atoms with Crippen molar-refractivity contribution in [3.63, 3.8) is 0 Å². The van der Waals surface area contributed by atoms with Gasteiger partial charge in [0.1, 0.15) is 5.52 Å². The summed E-state index contributed by atoms with van der Waals surface area (Å²) in [5.41, 5.74) is 1.60. The Morgan fingerprint density at radius 2 is 1.69 bits per heavy atom. The van der Waals surface area contributed by atoms with Crippen LogP contribution in [0.4, 0.5) is 0 Å². The van der Waals surface area contributed by atoms with Gasteiger partial charge in [0.05, 0.1) is 4.90 Å². The van der Waals surface area contributed by atoms with Gasteiger partial charge in [0.25, 0.3) is 0 Å². The molecular formula is C24H25ClN2O4S. The highest BCUT2D eigenvalue weighted by atomic mass is 35.5. The Bertz CT molecular complexity index is 1210. The van der Waals surface area contributed by atoms with Crippen molar-refractivity contribution in [2.45, 2.75) is 54.1 Å². The zero-order valence-electron chi connectivity index (χ0n) is 17.7. The van der Waals surface area contributed by atoms with Crippen molar-refractivity contribution in [2.75, 3.05) is 13.1 Å². The van der Waals surface area contributed by atoms with Gasteiger partial charge in [-0.25, -0.2) is 13.4 Å². The Labute approximate surface area is 192 Å². The second-order valence-corrected chi connectivity index (χ2v) is 11.4. The number of para-hydroxylation sites is 2. The van der Waals surface area contributed by atoms with Gasteiger partial charge < -0.3 is 9.32 Å². The molecule has 2 fully saturated rings.